The largest absolute Gasteiger partial charge is 0.488 e. The highest BCUT2D eigenvalue weighted by molar-refractivity contribution is 5.65. The third-order valence-electron chi connectivity index (χ3n) is 3.37. The molecule has 0 heterocycles. The Kier molecular flexibility index (Phi) is 6.45. The summed E-state index contributed by atoms with van der Waals surface area (Å²) in [5, 5.41) is 20.9. The molecule has 5 heteroatoms. The van der Waals surface area contributed by atoms with Crippen molar-refractivity contribution in [2.45, 2.75) is 58.6 Å². The molecule has 3 N–H and O–H groups in total. The molecule has 0 aliphatic carbocycles. The van der Waals surface area contributed by atoms with Crippen LogP contribution in [0.5, 0.6) is 5.75 Å². The molecule has 0 unspecified atom stereocenters. The molecule has 23 heavy (non-hydrogen) atoms. The zero-order valence-electron chi connectivity index (χ0n) is 14.7. The van der Waals surface area contributed by atoms with Gasteiger partial charge in [0.15, 0.2) is 0 Å². The van der Waals surface area contributed by atoms with E-state index in [1.54, 1.807) is 0 Å². The van der Waals surface area contributed by atoms with Gasteiger partial charge in [0.05, 0.1) is 0 Å². The molecule has 0 aromatic heterocycles. The minimum atomic E-state index is -1.05. The first kappa shape index (κ1) is 19.3. The Hall–Kier alpha value is -1.75. The van der Waals surface area contributed by atoms with E-state index < -0.39 is 11.6 Å². The summed E-state index contributed by atoms with van der Waals surface area (Å²) in [6.45, 7) is 9.67. The summed E-state index contributed by atoms with van der Waals surface area (Å²) in [7, 11) is 0. The summed E-state index contributed by atoms with van der Waals surface area (Å²) < 4.78 is 5.79. The van der Waals surface area contributed by atoms with E-state index in [0.29, 0.717) is 12.8 Å². The number of hydrogen-bond donors (Lipinski definition) is 3. The molecule has 1 rings (SSSR count). The lowest BCUT2D eigenvalue weighted by Gasteiger charge is -2.29. The van der Waals surface area contributed by atoms with Crippen molar-refractivity contribution in [2.75, 3.05) is 6.61 Å². The number of ether oxygens (including phenoxy) is 1. The van der Waals surface area contributed by atoms with Crippen LogP contribution >= 0.6 is 0 Å². The Balaban J connectivity index is 2.67. The molecule has 1 amide bonds. The van der Waals surface area contributed by atoms with Gasteiger partial charge in [0, 0.05) is 12.1 Å². The first-order chi connectivity index (χ1) is 10.5. The van der Waals surface area contributed by atoms with Gasteiger partial charge in [0.1, 0.15) is 11.4 Å². The molecule has 0 radical (unpaired) electrons. The van der Waals surface area contributed by atoms with Crippen molar-refractivity contribution in [2.24, 2.45) is 5.92 Å². The highest BCUT2D eigenvalue weighted by Crippen LogP contribution is 2.23. The van der Waals surface area contributed by atoms with Crippen LogP contribution in [-0.4, -0.2) is 34.1 Å². The summed E-state index contributed by atoms with van der Waals surface area (Å²) in [6.07, 6.45) is 0.211. The normalized spacial score (nSPS) is 13.5. The number of carboxylic acid groups (broad SMARTS) is 1. The number of aliphatic hydroxyl groups is 1. The zero-order valence-corrected chi connectivity index (χ0v) is 14.7. The minimum Gasteiger partial charge on any atom is -0.488 e. The molecule has 0 fully saturated rings. The Bertz CT molecular complexity index is 503. The van der Waals surface area contributed by atoms with Gasteiger partial charge in [-0.3, -0.25) is 0 Å². The van der Waals surface area contributed by atoms with Crippen molar-refractivity contribution < 1.29 is 19.7 Å². The smallest absolute Gasteiger partial charge is 0.405 e. The van der Waals surface area contributed by atoms with Crippen LogP contribution in [0.3, 0.4) is 0 Å². The van der Waals surface area contributed by atoms with E-state index in [-0.39, 0.29) is 18.1 Å². The predicted molar refractivity (Wildman–Crippen MR) is 91.0 cm³/mol. The zero-order chi connectivity index (χ0) is 17.7. The predicted octanol–water partition coefficient (Wildman–Crippen LogP) is 3.45. The Labute approximate surface area is 138 Å². The number of carbonyl (C=O) groups is 1. The van der Waals surface area contributed by atoms with Crippen molar-refractivity contribution in [1.82, 2.24) is 5.32 Å². The fourth-order valence-electron chi connectivity index (χ4n) is 2.64. The van der Waals surface area contributed by atoms with Crippen LogP contribution in [0, 0.1) is 5.92 Å². The van der Waals surface area contributed by atoms with Gasteiger partial charge in [-0.1, -0.05) is 12.1 Å². The van der Waals surface area contributed by atoms with E-state index in [1.165, 1.54) is 0 Å². The number of nitrogens with one attached hydrogen (secondary N) is 1. The third kappa shape index (κ3) is 7.88. The summed E-state index contributed by atoms with van der Waals surface area (Å²) in [5.41, 5.74) is 0.285. The summed E-state index contributed by atoms with van der Waals surface area (Å²) in [4.78, 5) is 10.8. The number of aliphatic hydroxyl groups excluding tert-OH is 1. The van der Waals surface area contributed by atoms with Crippen molar-refractivity contribution in [3.8, 4) is 5.75 Å². The summed E-state index contributed by atoms with van der Waals surface area (Å²) in [6, 6.07) is 7.83. The maximum absolute atomic E-state index is 10.8. The molecule has 130 valence electrons. The van der Waals surface area contributed by atoms with Crippen LogP contribution in [0.4, 0.5) is 4.79 Å². The fourth-order valence-corrected chi connectivity index (χ4v) is 2.64. The van der Waals surface area contributed by atoms with E-state index in [9.17, 15) is 9.90 Å². The van der Waals surface area contributed by atoms with Crippen LogP contribution in [-0.2, 0) is 6.42 Å². The molecule has 5 nitrogen and oxygen atoms in total. The first-order valence-corrected chi connectivity index (χ1v) is 7.91. The number of hydrogen-bond acceptors (Lipinski definition) is 3. The van der Waals surface area contributed by atoms with Crippen LogP contribution in [0.15, 0.2) is 24.3 Å². The lowest BCUT2D eigenvalue weighted by molar-refractivity contribution is 0.131. The molecule has 1 atom stereocenters. The molecule has 0 aliphatic heterocycles. The monoisotopic (exact) mass is 323 g/mol. The highest BCUT2D eigenvalue weighted by atomic mass is 16.5. The van der Waals surface area contributed by atoms with Crippen molar-refractivity contribution >= 4 is 6.09 Å². The average molecular weight is 323 g/mol. The van der Waals surface area contributed by atoms with Gasteiger partial charge in [-0.25, -0.2) is 4.79 Å². The number of amides is 1. The van der Waals surface area contributed by atoms with E-state index in [4.69, 9.17) is 9.84 Å². The quantitative estimate of drug-likeness (QED) is 0.718. The fraction of sp³-hybridized carbons (Fsp3) is 0.611. The highest BCUT2D eigenvalue weighted by Gasteiger charge is 2.25. The van der Waals surface area contributed by atoms with E-state index in [2.05, 4.69) is 5.32 Å². The Morgan fingerprint density at radius 2 is 1.74 bits per heavy atom. The van der Waals surface area contributed by atoms with Crippen molar-refractivity contribution in [1.29, 1.82) is 0 Å². The Morgan fingerprint density at radius 3 is 2.17 bits per heavy atom. The van der Waals surface area contributed by atoms with Crippen molar-refractivity contribution in [3.05, 3.63) is 29.8 Å². The number of benzene rings is 1. The van der Waals surface area contributed by atoms with E-state index in [1.807, 2.05) is 58.9 Å². The molecule has 0 saturated heterocycles. The van der Waals surface area contributed by atoms with Gasteiger partial charge in [-0.15, -0.1) is 0 Å². The second kappa shape index (κ2) is 7.68. The average Bonchev–Trinajstić information content (AvgIpc) is 2.36. The molecular formula is C18H29NO4. The molecule has 0 bridgehead atoms. The van der Waals surface area contributed by atoms with Crippen LogP contribution in [0.1, 0.15) is 46.6 Å². The molecular weight excluding hydrogens is 294 g/mol. The van der Waals surface area contributed by atoms with Gasteiger partial charge < -0.3 is 20.3 Å². The van der Waals surface area contributed by atoms with Gasteiger partial charge in [0.25, 0.3) is 0 Å². The third-order valence-corrected chi connectivity index (χ3v) is 3.37. The Morgan fingerprint density at radius 1 is 1.17 bits per heavy atom. The SMILES string of the molecule is CC(C)(C[C@@H](CO)Cc1ccc(OC(C)(C)C)cc1)NC(=O)O. The second-order valence-electron chi connectivity index (χ2n) is 7.63. The van der Waals surface area contributed by atoms with Crippen molar-refractivity contribution in [3.63, 3.8) is 0 Å². The lowest BCUT2D eigenvalue weighted by atomic mass is 9.87. The lowest BCUT2D eigenvalue weighted by Crippen LogP contribution is -2.44. The molecule has 1 aromatic rings. The van der Waals surface area contributed by atoms with Gasteiger partial charge >= 0.3 is 6.09 Å². The van der Waals surface area contributed by atoms with Gasteiger partial charge in [-0.05, 0) is 71.1 Å². The van der Waals surface area contributed by atoms with Crippen LogP contribution in [0.2, 0.25) is 0 Å². The standard InChI is InChI=1S/C18H29NO4/c1-17(2,3)23-15-8-6-13(7-9-15)10-14(12-20)11-18(4,5)19-16(21)22/h6-9,14,19-20H,10-12H2,1-5H3,(H,21,22)/t14-/m0/s1. The molecule has 0 spiro atoms. The van der Waals surface area contributed by atoms with E-state index >= 15 is 0 Å². The minimum absolute atomic E-state index is 0.00812. The molecule has 0 saturated carbocycles. The van der Waals surface area contributed by atoms with Gasteiger partial charge in [-0.2, -0.15) is 0 Å². The van der Waals surface area contributed by atoms with Crippen LogP contribution < -0.4 is 10.1 Å². The van der Waals surface area contributed by atoms with Gasteiger partial charge in [0.2, 0.25) is 0 Å². The maximum atomic E-state index is 10.8. The maximum Gasteiger partial charge on any atom is 0.405 e. The molecule has 0 aliphatic rings. The number of rotatable bonds is 7. The topological polar surface area (TPSA) is 78.8 Å². The second-order valence-corrected chi connectivity index (χ2v) is 7.63. The summed E-state index contributed by atoms with van der Waals surface area (Å²) in [5.74, 6) is 0.806. The van der Waals surface area contributed by atoms with E-state index in [0.717, 1.165) is 11.3 Å². The molecule has 1 aromatic carbocycles. The first-order valence-electron chi connectivity index (χ1n) is 7.91. The van der Waals surface area contributed by atoms with Crippen LogP contribution in [0.25, 0.3) is 0 Å². The summed E-state index contributed by atoms with van der Waals surface area (Å²) >= 11 is 0.